The van der Waals surface area contributed by atoms with E-state index >= 15 is 0 Å². The highest BCUT2D eigenvalue weighted by Crippen LogP contribution is 2.18. The lowest BCUT2D eigenvalue weighted by Crippen LogP contribution is -2.40. The Hall–Kier alpha value is -1.60. The highest BCUT2D eigenvalue weighted by Gasteiger charge is 2.24. The van der Waals surface area contributed by atoms with Gasteiger partial charge in [-0.15, -0.1) is 0 Å². The Bertz CT molecular complexity index is 611. The molecule has 122 valence electrons. The third-order valence-electron chi connectivity index (χ3n) is 3.78. The number of carboxylic acid groups (broad SMARTS) is 1. The molecule has 0 saturated carbocycles. The molecule has 7 heteroatoms. The minimum Gasteiger partial charge on any atom is -0.492 e. The molecule has 6 nitrogen and oxygen atoms in total. The van der Waals surface area contributed by atoms with Gasteiger partial charge in [-0.1, -0.05) is 0 Å². The number of likely N-dealkylation sites (tertiary alicyclic amines) is 1. The molecule has 1 aromatic rings. The number of aliphatic carboxylic acids is 1. The largest absolute Gasteiger partial charge is 0.492 e. The average molecular weight is 327 g/mol. The molecule has 1 atom stereocenters. The summed E-state index contributed by atoms with van der Waals surface area (Å²) in [7, 11) is -3.19. The molecule has 1 saturated heterocycles. The van der Waals surface area contributed by atoms with Crippen molar-refractivity contribution in [2.24, 2.45) is 5.92 Å². The normalized spacial score (nSPS) is 19.8. The molecule has 1 heterocycles. The van der Waals surface area contributed by atoms with Gasteiger partial charge in [-0.2, -0.15) is 0 Å². The molecule has 22 heavy (non-hydrogen) atoms. The minimum absolute atomic E-state index is 0.264. The first kappa shape index (κ1) is 16.8. The quantitative estimate of drug-likeness (QED) is 0.847. The van der Waals surface area contributed by atoms with Gasteiger partial charge in [0.1, 0.15) is 12.4 Å². The van der Waals surface area contributed by atoms with E-state index < -0.39 is 15.8 Å². The molecule has 0 aliphatic carbocycles. The molecular formula is C15H21NO5S. The summed E-state index contributed by atoms with van der Waals surface area (Å²) in [5.41, 5.74) is 0. The van der Waals surface area contributed by atoms with Gasteiger partial charge in [-0.3, -0.25) is 9.69 Å². The van der Waals surface area contributed by atoms with Crippen LogP contribution >= 0.6 is 0 Å². The molecule has 1 N–H and O–H groups in total. The lowest BCUT2D eigenvalue weighted by molar-refractivity contribution is -0.143. The predicted octanol–water partition coefficient (Wildman–Crippen LogP) is 1.27. The van der Waals surface area contributed by atoms with Crippen LogP contribution in [0.25, 0.3) is 0 Å². The number of sulfone groups is 1. The van der Waals surface area contributed by atoms with Crippen molar-refractivity contribution < 1.29 is 23.1 Å². The molecule has 1 aliphatic rings. The molecule has 0 aromatic heterocycles. The second-order valence-corrected chi connectivity index (χ2v) is 7.59. The average Bonchev–Trinajstić information content (AvgIpc) is 2.47. The van der Waals surface area contributed by atoms with Crippen molar-refractivity contribution in [2.45, 2.75) is 17.7 Å². The molecule has 0 amide bonds. The van der Waals surface area contributed by atoms with Crippen molar-refractivity contribution in [1.82, 2.24) is 4.90 Å². The summed E-state index contributed by atoms with van der Waals surface area (Å²) in [6, 6.07) is 6.30. The molecule has 0 spiro atoms. The molecule has 2 rings (SSSR count). The van der Waals surface area contributed by atoms with Gasteiger partial charge in [-0.05, 0) is 43.7 Å². The standard InChI is InChI=1S/C15H21NO5S/c1-22(19,20)14-6-4-13(5-7-14)21-10-9-16-8-2-3-12(11-16)15(17)18/h4-7,12H,2-3,8-11H2,1H3,(H,17,18). The first-order chi connectivity index (χ1) is 10.4. The molecular weight excluding hydrogens is 306 g/mol. The number of hydrogen-bond acceptors (Lipinski definition) is 5. The third kappa shape index (κ3) is 4.71. The van der Waals surface area contributed by atoms with Crippen LogP contribution in [-0.4, -0.2) is 56.9 Å². The summed E-state index contributed by atoms with van der Waals surface area (Å²) in [5.74, 6) is -0.413. The molecule has 0 bridgehead atoms. The van der Waals surface area contributed by atoms with Crippen LogP contribution in [0.3, 0.4) is 0 Å². The van der Waals surface area contributed by atoms with Crippen molar-refractivity contribution in [2.75, 3.05) is 32.5 Å². The lowest BCUT2D eigenvalue weighted by atomic mass is 9.98. The van der Waals surface area contributed by atoms with Crippen molar-refractivity contribution in [3.05, 3.63) is 24.3 Å². The zero-order valence-corrected chi connectivity index (χ0v) is 13.4. The van der Waals surface area contributed by atoms with Crippen LogP contribution in [0.4, 0.5) is 0 Å². The fourth-order valence-corrected chi connectivity index (χ4v) is 3.17. The zero-order valence-electron chi connectivity index (χ0n) is 12.6. The number of ether oxygens (including phenoxy) is 1. The minimum atomic E-state index is -3.19. The fraction of sp³-hybridized carbons (Fsp3) is 0.533. The monoisotopic (exact) mass is 327 g/mol. The smallest absolute Gasteiger partial charge is 0.307 e. The van der Waals surface area contributed by atoms with Crippen LogP contribution in [0, 0.1) is 5.92 Å². The second kappa shape index (κ2) is 7.11. The van der Waals surface area contributed by atoms with Crippen LogP contribution in [0.5, 0.6) is 5.75 Å². The van der Waals surface area contributed by atoms with E-state index in [1.54, 1.807) is 12.1 Å². The van der Waals surface area contributed by atoms with E-state index in [0.29, 0.717) is 25.4 Å². The van der Waals surface area contributed by atoms with E-state index in [2.05, 4.69) is 4.90 Å². The Kier molecular flexibility index (Phi) is 5.42. The van der Waals surface area contributed by atoms with Crippen LogP contribution < -0.4 is 4.74 Å². The zero-order chi connectivity index (χ0) is 16.2. The Labute approximate surface area is 130 Å². The number of piperidine rings is 1. The SMILES string of the molecule is CS(=O)(=O)c1ccc(OCCN2CCCC(C(=O)O)C2)cc1. The number of carbonyl (C=O) groups is 1. The molecule has 0 radical (unpaired) electrons. The first-order valence-corrected chi connectivity index (χ1v) is 9.13. The van der Waals surface area contributed by atoms with Crippen molar-refractivity contribution in [3.8, 4) is 5.75 Å². The maximum Gasteiger partial charge on any atom is 0.307 e. The summed E-state index contributed by atoms with van der Waals surface area (Å²) >= 11 is 0. The van der Waals surface area contributed by atoms with E-state index in [4.69, 9.17) is 9.84 Å². The number of benzene rings is 1. The molecule has 1 unspecified atom stereocenters. The van der Waals surface area contributed by atoms with Crippen LogP contribution in [-0.2, 0) is 14.6 Å². The van der Waals surface area contributed by atoms with E-state index in [1.165, 1.54) is 12.1 Å². The van der Waals surface area contributed by atoms with Gasteiger partial charge in [0.05, 0.1) is 10.8 Å². The van der Waals surface area contributed by atoms with Gasteiger partial charge in [-0.25, -0.2) is 8.42 Å². The topological polar surface area (TPSA) is 83.9 Å². The van der Waals surface area contributed by atoms with Crippen molar-refractivity contribution >= 4 is 15.8 Å². The lowest BCUT2D eigenvalue weighted by Gasteiger charge is -2.30. The number of nitrogens with zero attached hydrogens (tertiary/aromatic N) is 1. The Morgan fingerprint density at radius 2 is 2.05 bits per heavy atom. The second-order valence-electron chi connectivity index (χ2n) is 5.57. The van der Waals surface area contributed by atoms with E-state index in [-0.39, 0.29) is 10.8 Å². The van der Waals surface area contributed by atoms with E-state index in [9.17, 15) is 13.2 Å². The van der Waals surface area contributed by atoms with Gasteiger partial charge >= 0.3 is 5.97 Å². The number of carboxylic acids is 1. The summed E-state index contributed by atoms with van der Waals surface area (Å²) in [6.07, 6.45) is 2.79. The summed E-state index contributed by atoms with van der Waals surface area (Å²) in [4.78, 5) is 13.4. The highest BCUT2D eigenvalue weighted by molar-refractivity contribution is 7.90. The third-order valence-corrected chi connectivity index (χ3v) is 4.91. The van der Waals surface area contributed by atoms with Gasteiger partial charge in [0.2, 0.25) is 0 Å². The van der Waals surface area contributed by atoms with Crippen molar-refractivity contribution in [3.63, 3.8) is 0 Å². The van der Waals surface area contributed by atoms with E-state index in [1.807, 2.05) is 0 Å². The summed E-state index contributed by atoms with van der Waals surface area (Å²) < 4.78 is 28.3. The Balaban J connectivity index is 1.80. The highest BCUT2D eigenvalue weighted by atomic mass is 32.2. The van der Waals surface area contributed by atoms with Crippen LogP contribution in [0.2, 0.25) is 0 Å². The molecule has 1 fully saturated rings. The van der Waals surface area contributed by atoms with Crippen LogP contribution in [0.1, 0.15) is 12.8 Å². The van der Waals surface area contributed by atoms with Gasteiger partial charge < -0.3 is 9.84 Å². The van der Waals surface area contributed by atoms with Gasteiger partial charge in [0.25, 0.3) is 0 Å². The number of hydrogen-bond donors (Lipinski definition) is 1. The maximum atomic E-state index is 11.4. The van der Waals surface area contributed by atoms with Crippen LogP contribution in [0.15, 0.2) is 29.2 Å². The maximum absolute atomic E-state index is 11.4. The van der Waals surface area contributed by atoms with Gasteiger partial charge in [0, 0.05) is 19.3 Å². The molecule has 1 aromatic carbocycles. The van der Waals surface area contributed by atoms with Crippen molar-refractivity contribution in [1.29, 1.82) is 0 Å². The summed E-state index contributed by atoms with van der Waals surface area (Å²) in [6.45, 7) is 2.56. The predicted molar refractivity (Wildman–Crippen MR) is 81.8 cm³/mol. The Morgan fingerprint density at radius 1 is 1.36 bits per heavy atom. The van der Waals surface area contributed by atoms with Gasteiger partial charge in [0.15, 0.2) is 9.84 Å². The summed E-state index contributed by atoms with van der Waals surface area (Å²) in [5, 5.41) is 9.04. The first-order valence-electron chi connectivity index (χ1n) is 7.24. The Morgan fingerprint density at radius 3 is 2.64 bits per heavy atom. The van der Waals surface area contributed by atoms with E-state index in [0.717, 1.165) is 25.6 Å². The molecule has 1 aliphatic heterocycles. The fourth-order valence-electron chi connectivity index (χ4n) is 2.54. The number of rotatable bonds is 6.